The average molecular weight is 342 g/mol. The van der Waals surface area contributed by atoms with E-state index in [4.69, 9.17) is 0 Å². The van der Waals surface area contributed by atoms with Crippen molar-refractivity contribution in [3.05, 3.63) is 43.4 Å². The minimum Gasteiger partial charge on any atom is -0.376 e. The van der Waals surface area contributed by atoms with Crippen LogP contribution in [0.25, 0.3) is 0 Å². The van der Waals surface area contributed by atoms with Crippen LogP contribution in [0.5, 0.6) is 0 Å². The SMILES string of the molecule is CN(C)c1cnn(CC(=O)c2ccc(Br)s2)c(=O)c1. The number of Topliss-reactive ketones (excluding diaryl/α,β-unsaturated/α-hetero) is 1. The Morgan fingerprint density at radius 1 is 1.47 bits per heavy atom. The summed E-state index contributed by atoms with van der Waals surface area (Å²) in [6.07, 6.45) is 1.57. The highest BCUT2D eigenvalue weighted by Crippen LogP contribution is 2.22. The second-order valence-electron chi connectivity index (χ2n) is 4.13. The van der Waals surface area contributed by atoms with E-state index in [-0.39, 0.29) is 17.9 Å². The second-order valence-corrected chi connectivity index (χ2v) is 6.59. The lowest BCUT2D eigenvalue weighted by atomic mass is 10.3. The van der Waals surface area contributed by atoms with Gasteiger partial charge in [0.25, 0.3) is 5.56 Å². The molecule has 100 valence electrons. The molecule has 0 N–H and O–H groups in total. The van der Waals surface area contributed by atoms with Gasteiger partial charge in [-0.15, -0.1) is 11.3 Å². The largest absolute Gasteiger partial charge is 0.376 e. The third-order valence-corrected chi connectivity index (χ3v) is 4.18. The lowest BCUT2D eigenvalue weighted by Gasteiger charge is -2.11. The smallest absolute Gasteiger partial charge is 0.269 e. The Morgan fingerprint density at radius 3 is 2.74 bits per heavy atom. The molecule has 0 bridgehead atoms. The van der Waals surface area contributed by atoms with Gasteiger partial charge in [0.15, 0.2) is 5.78 Å². The zero-order valence-corrected chi connectivity index (χ0v) is 12.9. The predicted molar refractivity (Wildman–Crippen MR) is 79.2 cm³/mol. The summed E-state index contributed by atoms with van der Waals surface area (Å²) in [6, 6.07) is 5.00. The van der Waals surface area contributed by atoms with Gasteiger partial charge in [0.1, 0.15) is 6.54 Å². The maximum absolute atomic E-state index is 12.0. The number of carbonyl (C=O) groups is 1. The molecule has 2 heterocycles. The standard InChI is InChI=1S/C12H12BrN3O2S/c1-15(2)8-5-12(18)16(14-6-8)7-9(17)10-3-4-11(13)19-10/h3-6H,7H2,1-2H3. The molecule has 0 unspecified atom stereocenters. The van der Waals surface area contributed by atoms with Crippen LogP contribution in [0.2, 0.25) is 0 Å². The molecular weight excluding hydrogens is 330 g/mol. The summed E-state index contributed by atoms with van der Waals surface area (Å²) in [5.74, 6) is -0.122. The van der Waals surface area contributed by atoms with Crippen molar-refractivity contribution in [3.8, 4) is 0 Å². The molecule has 0 atom stereocenters. The van der Waals surface area contributed by atoms with Gasteiger partial charge in [-0.05, 0) is 28.1 Å². The lowest BCUT2D eigenvalue weighted by molar-refractivity contribution is 0.0969. The number of rotatable bonds is 4. The van der Waals surface area contributed by atoms with Crippen LogP contribution in [0, 0.1) is 0 Å². The molecule has 2 aromatic heterocycles. The Morgan fingerprint density at radius 2 is 2.21 bits per heavy atom. The fourth-order valence-corrected chi connectivity index (χ4v) is 2.78. The van der Waals surface area contributed by atoms with Crippen LogP contribution in [0.3, 0.4) is 0 Å². The average Bonchev–Trinajstić information content (AvgIpc) is 2.78. The van der Waals surface area contributed by atoms with Crippen LogP contribution in [0.1, 0.15) is 9.67 Å². The minimum atomic E-state index is -0.282. The summed E-state index contributed by atoms with van der Waals surface area (Å²) < 4.78 is 2.06. The summed E-state index contributed by atoms with van der Waals surface area (Å²) in [5, 5.41) is 4.01. The number of thiophene rings is 1. The van der Waals surface area contributed by atoms with Gasteiger partial charge < -0.3 is 4.90 Å². The Kier molecular flexibility index (Phi) is 4.16. The Labute approximate surface area is 122 Å². The number of ketones is 1. The predicted octanol–water partition coefficient (Wildman–Crippen LogP) is 2.02. The molecule has 0 saturated heterocycles. The first-order chi connectivity index (χ1) is 8.97. The number of nitrogens with zero attached hydrogens (tertiary/aromatic N) is 3. The lowest BCUT2D eigenvalue weighted by Crippen LogP contribution is -2.27. The minimum absolute atomic E-state index is 0.0422. The van der Waals surface area contributed by atoms with Crippen molar-refractivity contribution in [1.82, 2.24) is 9.78 Å². The molecular formula is C12H12BrN3O2S. The first-order valence-electron chi connectivity index (χ1n) is 5.50. The molecule has 0 amide bonds. The van der Waals surface area contributed by atoms with E-state index in [1.165, 1.54) is 22.1 Å². The number of hydrogen-bond acceptors (Lipinski definition) is 5. The van der Waals surface area contributed by atoms with Gasteiger partial charge in [0.2, 0.25) is 0 Å². The normalized spacial score (nSPS) is 10.5. The molecule has 5 nitrogen and oxygen atoms in total. The van der Waals surface area contributed by atoms with Crippen molar-refractivity contribution in [3.63, 3.8) is 0 Å². The van der Waals surface area contributed by atoms with Crippen molar-refractivity contribution in [1.29, 1.82) is 0 Å². The Balaban J connectivity index is 2.20. The van der Waals surface area contributed by atoms with Crippen molar-refractivity contribution in [2.75, 3.05) is 19.0 Å². The van der Waals surface area contributed by atoms with Crippen LogP contribution >= 0.6 is 27.3 Å². The van der Waals surface area contributed by atoms with E-state index in [1.54, 1.807) is 17.2 Å². The van der Waals surface area contributed by atoms with Crippen molar-refractivity contribution < 1.29 is 4.79 Å². The highest BCUT2D eigenvalue weighted by Gasteiger charge is 2.11. The van der Waals surface area contributed by atoms with Crippen LogP contribution < -0.4 is 10.5 Å². The highest BCUT2D eigenvalue weighted by atomic mass is 79.9. The molecule has 0 radical (unpaired) electrons. The third-order valence-electron chi connectivity index (χ3n) is 2.51. The quantitative estimate of drug-likeness (QED) is 0.798. The van der Waals surface area contributed by atoms with Gasteiger partial charge >= 0.3 is 0 Å². The van der Waals surface area contributed by atoms with E-state index in [1.807, 2.05) is 20.2 Å². The van der Waals surface area contributed by atoms with E-state index in [9.17, 15) is 9.59 Å². The summed E-state index contributed by atoms with van der Waals surface area (Å²) in [6.45, 7) is -0.0422. The maximum atomic E-state index is 12.0. The monoisotopic (exact) mass is 341 g/mol. The molecule has 0 aromatic carbocycles. The van der Waals surface area contributed by atoms with Gasteiger partial charge in [-0.2, -0.15) is 5.10 Å². The second kappa shape index (κ2) is 5.66. The van der Waals surface area contributed by atoms with Gasteiger partial charge in [0.05, 0.1) is 20.5 Å². The fourth-order valence-electron chi connectivity index (χ4n) is 1.47. The van der Waals surface area contributed by atoms with Crippen molar-refractivity contribution in [2.24, 2.45) is 0 Å². The summed E-state index contributed by atoms with van der Waals surface area (Å²) in [4.78, 5) is 26.2. The van der Waals surface area contributed by atoms with Gasteiger partial charge in [-0.25, -0.2) is 4.68 Å². The molecule has 7 heteroatoms. The van der Waals surface area contributed by atoms with E-state index in [0.717, 1.165) is 3.79 Å². The zero-order chi connectivity index (χ0) is 14.0. The van der Waals surface area contributed by atoms with E-state index in [2.05, 4.69) is 21.0 Å². The number of anilines is 1. The Hall–Kier alpha value is -1.47. The van der Waals surface area contributed by atoms with Crippen LogP contribution in [0.4, 0.5) is 5.69 Å². The van der Waals surface area contributed by atoms with E-state index in [0.29, 0.717) is 10.6 Å². The first-order valence-corrected chi connectivity index (χ1v) is 7.11. The van der Waals surface area contributed by atoms with Gasteiger partial charge in [-0.1, -0.05) is 0 Å². The molecule has 0 saturated carbocycles. The maximum Gasteiger partial charge on any atom is 0.269 e. The number of carbonyl (C=O) groups excluding carboxylic acids is 1. The molecule has 0 fully saturated rings. The summed E-state index contributed by atoms with van der Waals surface area (Å²) >= 11 is 4.65. The van der Waals surface area contributed by atoms with Crippen molar-refractivity contribution >= 4 is 38.7 Å². The molecule has 0 aliphatic rings. The van der Waals surface area contributed by atoms with Crippen LogP contribution in [-0.4, -0.2) is 29.7 Å². The van der Waals surface area contributed by atoms with Crippen molar-refractivity contribution in [2.45, 2.75) is 6.54 Å². The molecule has 0 spiro atoms. The topological polar surface area (TPSA) is 55.2 Å². The first kappa shape index (κ1) is 14.0. The Bertz CT molecular complexity index is 663. The van der Waals surface area contributed by atoms with Crippen LogP contribution in [0.15, 0.2) is 33.0 Å². The molecule has 0 aliphatic heterocycles. The van der Waals surface area contributed by atoms with E-state index < -0.39 is 0 Å². The molecule has 2 aromatic rings. The van der Waals surface area contributed by atoms with Gasteiger partial charge in [0, 0.05) is 20.2 Å². The summed E-state index contributed by atoms with van der Waals surface area (Å²) in [7, 11) is 3.66. The van der Waals surface area contributed by atoms with Crippen LogP contribution in [-0.2, 0) is 6.54 Å². The number of hydrogen-bond donors (Lipinski definition) is 0. The summed E-state index contributed by atoms with van der Waals surface area (Å²) in [5.41, 5.74) is 0.433. The molecule has 0 aliphatic carbocycles. The van der Waals surface area contributed by atoms with Gasteiger partial charge in [-0.3, -0.25) is 9.59 Å². The zero-order valence-electron chi connectivity index (χ0n) is 10.5. The third kappa shape index (κ3) is 3.30. The molecule has 19 heavy (non-hydrogen) atoms. The number of aromatic nitrogens is 2. The molecule has 2 rings (SSSR count). The fraction of sp³-hybridized carbons (Fsp3) is 0.250. The van der Waals surface area contributed by atoms with E-state index >= 15 is 0 Å². The highest BCUT2D eigenvalue weighted by molar-refractivity contribution is 9.11. The number of halogens is 1.